The Kier molecular flexibility index (Phi) is 5.36. The summed E-state index contributed by atoms with van der Waals surface area (Å²) in [5.41, 5.74) is 2.43. The van der Waals surface area contributed by atoms with Gasteiger partial charge in [-0.3, -0.25) is 13.9 Å². The number of nitrogens with zero attached hydrogens (tertiary/aromatic N) is 6. The lowest BCUT2D eigenvalue weighted by molar-refractivity contribution is -0.137. The van der Waals surface area contributed by atoms with Gasteiger partial charge in [-0.05, 0) is 38.8 Å². The fraction of sp³-hybridized carbons (Fsp3) is 0.500. The van der Waals surface area contributed by atoms with Crippen molar-refractivity contribution in [3.63, 3.8) is 0 Å². The highest BCUT2D eigenvalue weighted by atomic mass is 19.4. The van der Waals surface area contributed by atoms with Crippen molar-refractivity contribution in [2.75, 3.05) is 18.0 Å². The molecule has 1 atom stereocenters. The molecular weight excluding hydrogens is 411 g/mol. The maximum atomic E-state index is 13.1. The van der Waals surface area contributed by atoms with E-state index in [0.717, 1.165) is 35.6 Å². The molecule has 166 valence electrons. The second kappa shape index (κ2) is 7.86. The highest BCUT2D eigenvalue weighted by molar-refractivity contribution is 5.79. The van der Waals surface area contributed by atoms with E-state index < -0.39 is 11.7 Å². The van der Waals surface area contributed by atoms with Crippen LogP contribution in [0.25, 0.3) is 5.65 Å². The van der Waals surface area contributed by atoms with Crippen molar-refractivity contribution >= 4 is 17.5 Å². The van der Waals surface area contributed by atoms with Crippen molar-refractivity contribution in [2.24, 2.45) is 13.0 Å². The van der Waals surface area contributed by atoms with E-state index in [-0.39, 0.29) is 11.8 Å². The number of hydrogen-bond acceptors (Lipinski definition) is 5. The molecule has 1 fully saturated rings. The van der Waals surface area contributed by atoms with Crippen LogP contribution in [0.4, 0.5) is 19.1 Å². The number of carbonyl (C=O) groups excluding carboxylic acids is 1. The molecule has 11 heteroatoms. The molecule has 1 saturated heterocycles. The minimum atomic E-state index is -4.46. The van der Waals surface area contributed by atoms with Crippen molar-refractivity contribution in [3.8, 4) is 0 Å². The van der Waals surface area contributed by atoms with Crippen LogP contribution < -0.4 is 10.2 Å². The number of aryl methyl sites for hydroxylation is 2. The van der Waals surface area contributed by atoms with E-state index in [9.17, 15) is 18.0 Å². The topological polar surface area (TPSA) is 80.3 Å². The maximum absolute atomic E-state index is 13.1. The number of amides is 1. The molecule has 1 N–H and O–H groups in total. The Morgan fingerprint density at radius 3 is 2.71 bits per heavy atom. The summed E-state index contributed by atoms with van der Waals surface area (Å²) in [6.07, 6.45) is -2.01. The standard InChI is InChI=1S/C20H24F3N7O/c1-12-16(13(2)28(3)27-12)9-24-18(31)14-5-4-8-29(10-14)19-26-25-17-7-6-15(11-30(17)19)20(21,22)23/h6-7,11,14H,4-5,8-10H2,1-3H3,(H,24,31)/t14-/m1/s1. The third-order valence-corrected chi connectivity index (χ3v) is 5.88. The highest BCUT2D eigenvalue weighted by Crippen LogP contribution is 2.30. The van der Waals surface area contributed by atoms with Gasteiger partial charge in [0.2, 0.25) is 11.9 Å². The zero-order valence-corrected chi connectivity index (χ0v) is 17.6. The third-order valence-electron chi connectivity index (χ3n) is 5.88. The Hall–Kier alpha value is -3.11. The monoisotopic (exact) mass is 435 g/mol. The van der Waals surface area contributed by atoms with Gasteiger partial charge in [-0.1, -0.05) is 0 Å². The van der Waals surface area contributed by atoms with Crippen LogP contribution in [0.15, 0.2) is 18.3 Å². The average molecular weight is 435 g/mol. The Morgan fingerprint density at radius 1 is 1.26 bits per heavy atom. The Morgan fingerprint density at radius 2 is 2.03 bits per heavy atom. The minimum Gasteiger partial charge on any atom is -0.352 e. The summed E-state index contributed by atoms with van der Waals surface area (Å²) in [6, 6.07) is 2.29. The van der Waals surface area contributed by atoms with Crippen molar-refractivity contribution < 1.29 is 18.0 Å². The van der Waals surface area contributed by atoms with Gasteiger partial charge in [0.25, 0.3) is 0 Å². The number of alkyl halides is 3. The van der Waals surface area contributed by atoms with E-state index in [1.54, 1.807) is 4.68 Å². The fourth-order valence-corrected chi connectivity index (χ4v) is 4.03. The molecular formula is C20H24F3N7O. The molecule has 1 aliphatic heterocycles. The molecule has 0 aliphatic carbocycles. The number of rotatable bonds is 4. The molecule has 4 rings (SSSR count). The number of aromatic nitrogens is 5. The summed E-state index contributed by atoms with van der Waals surface area (Å²) in [5, 5.41) is 15.4. The lowest BCUT2D eigenvalue weighted by Gasteiger charge is -2.32. The quantitative estimate of drug-likeness (QED) is 0.682. The van der Waals surface area contributed by atoms with Gasteiger partial charge in [-0.15, -0.1) is 10.2 Å². The van der Waals surface area contributed by atoms with Crippen LogP contribution in [0.3, 0.4) is 0 Å². The first-order valence-corrected chi connectivity index (χ1v) is 10.1. The number of anilines is 1. The lowest BCUT2D eigenvalue weighted by atomic mass is 9.97. The lowest BCUT2D eigenvalue weighted by Crippen LogP contribution is -2.43. The summed E-state index contributed by atoms with van der Waals surface area (Å²) in [4.78, 5) is 14.6. The first kappa shape index (κ1) is 21.1. The molecule has 0 saturated carbocycles. The number of fused-ring (bicyclic) bond motifs is 1. The molecule has 8 nitrogen and oxygen atoms in total. The van der Waals surface area contributed by atoms with Crippen molar-refractivity contribution in [3.05, 3.63) is 40.8 Å². The van der Waals surface area contributed by atoms with Gasteiger partial charge in [0.15, 0.2) is 5.65 Å². The van der Waals surface area contributed by atoms with Gasteiger partial charge in [-0.2, -0.15) is 18.3 Å². The van der Waals surface area contributed by atoms with Crippen LogP contribution in [0.1, 0.15) is 35.4 Å². The van der Waals surface area contributed by atoms with E-state index in [2.05, 4.69) is 20.6 Å². The Balaban J connectivity index is 1.49. The van der Waals surface area contributed by atoms with Crippen molar-refractivity contribution in [2.45, 2.75) is 39.4 Å². The highest BCUT2D eigenvalue weighted by Gasteiger charge is 2.32. The largest absolute Gasteiger partial charge is 0.417 e. The van der Waals surface area contributed by atoms with Gasteiger partial charge in [0.05, 0.1) is 17.2 Å². The summed E-state index contributed by atoms with van der Waals surface area (Å²) in [6.45, 7) is 5.22. The summed E-state index contributed by atoms with van der Waals surface area (Å²) >= 11 is 0. The average Bonchev–Trinajstić information content (AvgIpc) is 3.26. The maximum Gasteiger partial charge on any atom is 0.417 e. The molecule has 3 aromatic rings. The first-order valence-electron chi connectivity index (χ1n) is 10.1. The molecule has 1 aliphatic rings. The van der Waals surface area contributed by atoms with Gasteiger partial charge < -0.3 is 10.2 Å². The smallest absolute Gasteiger partial charge is 0.352 e. The Labute approximate surface area is 177 Å². The van der Waals surface area contributed by atoms with E-state index >= 15 is 0 Å². The van der Waals surface area contributed by atoms with E-state index in [1.165, 1.54) is 10.5 Å². The number of piperidine rings is 1. The zero-order valence-electron chi connectivity index (χ0n) is 17.6. The minimum absolute atomic E-state index is 0.0860. The van der Waals surface area contributed by atoms with Crippen LogP contribution >= 0.6 is 0 Å². The van der Waals surface area contributed by atoms with Gasteiger partial charge >= 0.3 is 6.18 Å². The SMILES string of the molecule is Cc1nn(C)c(C)c1CNC(=O)[C@@H]1CCCN(c2nnc3ccc(C(F)(F)F)cn23)C1. The van der Waals surface area contributed by atoms with E-state index in [1.807, 2.05) is 25.8 Å². The Bertz CT molecular complexity index is 1120. The van der Waals surface area contributed by atoms with Gasteiger partial charge in [0.1, 0.15) is 0 Å². The number of carbonyl (C=O) groups is 1. The zero-order chi connectivity index (χ0) is 22.3. The molecule has 0 unspecified atom stereocenters. The molecule has 0 bridgehead atoms. The van der Waals surface area contributed by atoms with Gasteiger partial charge in [-0.25, -0.2) is 0 Å². The number of hydrogen-bond donors (Lipinski definition) is 1. The molecule has 0 aromatic carbocycles. The molecule has 3 aromatic heterocycles. The van der Waals surface area contributed by atoms with Crippen LogP contribution in [0.2, 0.25) is 0 Å². The number of nitrogens with one attached hydrogen (secondary N) is 1. The normalized spacial score (nSPS) is 17.4. The van der Waals surface area contributed by atoms with Crippen LogP contribution in [0.5, 0.6) is 0 Å². The predicted octanol–water partition coefficient (Wildman–Crippen LogP) is 2.63. The van der Waals surface area contributed by atoms with Crippen LogP contribution in [0, 0.1) is 19.8 Å². The third kappa shape index (κ3) is 4.08. The predicted molar refractivity (Wildman–Crippen MR) is 107 cm³/mol. The van der Waals surface area contributed by atoms with E-state index in [4.69, 9.17) is 0 Å². The molecule has 1 amide bonds. The second-order valence-corrected chi connectivity index (χ2v) is 7.92. The number of halogens is 3. The second-order valence-electron chi connectivity index (χ2n) is 7.92. The molecule has 31 heavy (non-hydrogen) atoms. The van der Waals surface area contributed by atoms with Crippen LogP contribution in [-0.4, -0.2) is 43.4 Å². The fourth-order valence-electron chi connectivity index (χ4n) is 4.03. The van der Waals surface area contributed by atoms with Crippen molar-refractivity contribution in [1.29, 1.82) is 0 Å². The van der Waals surface area contributed by atoms with E-state index in [0.29, 0.717) is 37.7 Å². The molecule has 0 radical (unpaired) electrons. The summed E-state index contributed by atoms with van der Waals surface area (Å²) < 4.78 is 42.5. The molecule has 0 spiro atoms. The van der Waals surface area contributed by atoms with Crippen molar-refractivity contribution in [1.82, 2.24) is 29.7 Å². The van der Waals surface area contributed by atoms with Gasteiger partial charge in [0, 0.05) is 44.1 Å². The number of pyridine rings is 1. The van der Waals surface area contributed by atoms with Crippen LogP contribution in [-0.2, 0) is 24.6 Å². The summed E-state index contributed by atoms with van der Waals surface area (Å²) in [5.74, 6) is -0.0566. The molecule has 4 heterocycles. The first-order chi connectivity index (χ1) is 14.6. The summed E-state index contributed by atoms with van der Waals surface area (Å²) in [7, 11) is 1.86.